The minimum Gasteiger partial charge on any atom is -0.480 e. The molecule has 1 saturated heterocycles. The number of benzene rings is 2. The van der Waals surface area contributed by atoms with E-state index in [9.17, 15) is 4.79 Å². The van der Waals surface area contributed by atoms with E-state index in [4.69, 9.17) is 14.2 Å². The second-order valence-corrected chi connectivity index (χ2v) is 8.34. The Balaban J connectivity index is 1.38. The van der Waals surface area contributed by atoms with Crippen molar-refractivity contribution in [2.75, 3.05) is 31.6 Å². The topological polar surface area (TPSA) is 112 Å². The molecule has 1 fully saturated rings. The van der Waals surface area contributed by atoms with E-state index in [1.54, 1.807) is 30.2 Å². The summed E-state index contributed by atoms with van der Waals surface area (Å²) in [5.41, 5.74) is 2.42. The Labute approximate surface area is 208 Å². The number of aromatic nitrogens is 4. The summed E-state index contributed by atoms with van der Waals surface area (Å²) in [5.74, 6) is 2.13. The van der Waals surface area contributed by atoms with Gasteiger partial charge in [0, 0.05) is 31.0 Å². The number of carbonyl (C=O) groups is 1. The molecule has 0 unspecified atom stereocenters. The first-order valence-electron chi connectivity index (χ1n) is 11.7. The summed E-state index contributed by atoms with van der Waals surface area (Å²) in [7, 11) is 0. The highest BCUT2D eigenvalue weighted by molar-refractivity contribution is 5.96. The van der Waals surface area contributed by atoms with Crippen molar-refractivity contribution < 1.29 is 19.0 Å². The zero-order valence-electron chi connectivity index (χ0n) is 20.0. The third-order valence-corrected chi connectivity index (χ3v) is 5.80. The number of amides is 1. The van der Waals surface area contributed by atoms with Crippen LogP contribution in [-0.2, 0) is 9.53 Å². The van der Waals surface area contributed by atoms with E-state index in [1.165, 1.54) is 6.33 Å². The standard InChI is InChI=1S/C26H26N6O4/c1-17-15-19(8-9-21(17)36-23-7-4-10-29-31-23)30-25-24-20(27-16-28-25)5-3-6-22(24)35-18(2)26(33)32-11-13-34-14-12-32/h3-10,15-16,18H,11-14H2,1-2H3,(H,27,28,30)/t18-/m1/s1. The lowest BCUT2D eigenvalue weighted by atomic mass is 10.1. The largest absolute Gasteiger partial charge is 0.480 e. The maximum absolute atomic E-state index is 12.9. The number of hydrogen-bond acceptors (Lipinski definition) is 9. The third-order valence-electron chi connectivity index (χ3n) is 5.80. The molecule has 0 radical (unpaired) electrons. The molecular formula is C26H26N6O4. The molecule has 10 nitrogen and oxygen atoms in total. The summed E-state index contributed by atoms with van der Waals surface area (Å²) in [5, 5.41) is 11.9. The lowest BCUT2D eigenvalue weighted by molar-refractivity contribution is -0.142. The number of rotatable bonds is 7. The van der Waals surface area contributed by atoms with Gasteiger partial charge in [-0.25, -0.2) is 9.97 Å². The van der Waals surface area contributed by atoms with Gasteiger partial charge in [0.25, 0.3) is 5.91 Å². The Kier molecular flexibility index (Phi) is 6.85. The number of nitrogens with one attached hydrogen (secondary N) is 1. The molecule has 1 atom stereocenters. The Hall–Kier alpha value is -4.31. The van der Waals surface area contributed by atoms with Crippen molar-refractivity contribution in [1.82, 2.24) is 25.1 Å². The lowest BCUT2D eigenvalue weighted by Gasteiger charge is -2.29. The van der Waals surface area contributed by atoms with Crippen LogP contribution >= 0.6 is 0 Å². The molecule has 0 bridgehead atoms. The summed E-state index contributed by atoms with van der Waals surface area (Å²) in [6, 6.07) is 14.8. The van der Waals surface area contributed by atoms with Crippen LogP contribution in [0.5, 0.6) is 17.4 Å². The number of nitrogens with zero attached hydrogens (tertiary/aromatic N) is 5. The fourth-order valence-electron chi connectivity index (χ4n) is 3.99. The first-order valence-corrected chi connectivity index (χ1v) is 11.7. The highest BCUT2D eigenvalue weighted by Gasteiger charge is 2.25. The van der Waals surface area contributed by atoms with Crippen LogP contribution in [0.15, 0.2) is 61.1 Å². The summed E-state index contributed by atoms with van der Waals surface area (Å²) in [6.45, 7) is 5.91. The molecule has 2 aromatic carbocycles. The number of ether oxygens (including phenoxy) is 3. The van der Waals surface area contributed by atoms with E-state index in [0.29, 0.717) is 60.4 Å². The predicted molar refractivity (Wildman–Crippen MR) is 134 cm³/mol. The van der Waals surface area contributed by atoms with E-state index in [1.807, 2.05) is 43.3 Å². The number of aryl methyl sites for hydroxylation is 1. The highest BCUT2D eigenvalue weighted by Crippen LogP contribution is 2.33. The van der Waals surface area contributed by atoms with Crippen LogP contribution in [0.3, 0.4) is 0 Å². The average molecular weight is 487 g/mol. The number of anilines is 2. The van der Waals surface area contributed by atoms with Gasteiger partial charge in [0.05, 0.1) is 24.1 Å². The maximum Gasteiger partial charge on any atom is 0.263 e. The van der Waals surface area contributed by atoms with E-state index < -0.39 is 6.10 Å². The maximum atomic E-state index is 12.9. The van der Waals surface area contributed by atoms with Gasteiger partial charge in [-0.15, -0.1) is 5.10 Å². The van der Waals surface area contributed by atoms with Crippen molar-refractivity contribution >= 4 is 28.3 Å². The van der Waals surface area contributed by atoms with Crippen LogP contribution in [0.1, 0.15) is 12.5 Å². The van der Waals surface area contributed by atoms with Crippen LogP contribution in [0.2, 0.25) is 0 Å². The van der Waals surface area contributed by atoms with Crippen molar-refractivity contribution in [2.45, 2.75) is 20.0 Å². The van der Waals surface area contributed by atoms with Crippen molar-refractivity contribution in [3.8, 4) is 17.4 Å². The van der Waals surface area contributed by atoms with Crippen LogP contribution in [0.4, 0.5) is 11.5 Å². The molecule has 1 aliphatic heterocycles. The smallest absolute Gasteiger partial charge is 0.263 e. The van der Waals surface area contributed by atoms with Gasteiger partial charge in [0.2, 0.25) is 5.88 Å². The Morgan fingerprint density at radius 1 is 1.08 bits per heavy atom. The molecule has 0 aliphatic carbocycles. The predicted octanol–water partition coefficient (Wildman–Crippen LogP) is 3.89. The van der Waals surface area contributed by atoms with Crippen LogP contribution in [-0.4, -0.2) is 63.4 Å². The molecule has 3 heterocycles. The fraction of sp³-hybridized carbons (Fsp3) is 0.269. The molecule has 0 saturated carbocycles. The van der Waals surface area contributed by atoms with Crippen LogP contribution in [0, 0.1) is 6.92 Å². The van der Waals surface area contributed by atoms with Gasteiger partial charge in [-0.3, -0.25) is 4.79 Å². The highest BCUT2D eigenvalue weighted by atomic mass is 16.5. The van der Waals surface area contributed by atoms with E-state index in [-0.39, 0.29) is 5.91 Å². The molecule has 1 amide bonds. The van der Waals surface area contributed by atoms with Gasteiger partial charge in [-0.1, -0.05) is 6.07 Å². The van der Waals surface area contributed by atoms with E-state index in [0.717, 1.165) is 11.3 Å². The first kappa shape index (κ1) is 23.4. The third kappa shape index (κ3) is 5.18. The van der Waals surface area contributed by atoms with Crippen LogP contribution < -0.4 is 14.8 Å². The monoisotopic (exact) mass is 486 g/mol. The molecule has 184 valence electrons. The molecule has 10 heteroatoms. The number of carbonyl (C=O) groups excluding carboxylic acids is 1. The Morgan fingerprint density at radius 2 is 1.94 bits per heavy atom. The van der Waals surface area contributed by atoms with Crippen molar-refractivity contribution in [1.29, 1.82) is 0 Å². The molecule has 36 heavy (non-hydrogen) atoms. The first-order chi connectivity index (χ1) is 17.6. The number of fused-ring (bicyclic) bond motifs is 1. The van der Waals surface area contributed by atoms with Gasteiger partial charge in [0.15, 0.2) is 6.10 Å². The molecule has 1 N–H and O–H groups in total. The van der Waals surface area contributed by atoms with Gasteiger partial charge in [-0.05, 0) is 55.8 Å². The van der Waals surface area contributed by atoms with Gasteiger partial charge in [-0.2, -0.15) is 5.10 Å². The summed E-state index contributed by atoms with van der Waals surface area (Å²) in [6.07, 6.45) is 2.42. The van der Waals surface area contributed by atoms with E-state index >= 15 is 0 Å². The molecule has 5 rings (SSSR count). The Morgan fingerprint density at radius 3 is 2.72 bits per heavy atom. The lowest BCUT2D eigenvalue weighted by Crippen LogP contribution is -2.46. The molecular weight excluding hydrogens is 460 g/mol. The zero-order valence-corrected chi connectivity index (χ0v) is 20.0. The minimum absolute atomic E-state index is 0.0732. The van der Waals surface area contributed by atoms with Crippen molar-refractivity contribution in [2.24, 2.45) is 0 Å². The van der Waals surface area contributed by atoms with Gasteiger partial charge < -0.3 is 24.4 Å². The van der Waals surface area contributed by atoms with Gasteiger partial charge in [0.1, 0.15) is 23.6 Å². The van der Waals surface area contributed by atoms with Gasteiger partial charge >= 0.3 is 0 Å². The molecule has 4 aromatic rings. The molecule has 2 aromatic heterocycles. The number of hydrogen-bond donors (Lipinski definition) is 1. The summed E-state index contributed by atoms with van der Waals surface area (Å²) >= 11 is 0. The Bertz CT molecular complexity index is 1360. The quantitative estimate of drug-likeness (QED) is 0.416. The van der Waals surface area contributed by atoms with Crippen molar-refractivity contribution in [3.63, 3.8) is 0 Å². The zero-order chi connectivity index (χ0) is 24.9. The normalized spacial score (nSPS) is 14.3. The molecule has 1 aliphatic rings. The summed E-state index contributed by atoms with van der Waals surface area (Å²) in [4.78, 5) is 23.5. The fourth-order valence-corrected chi connectivity index (χ4v) is 3.99. The average Bonchev–Trinajstić information content (AvgIpc) is 2.91. The number of morpholine rings is 1. The van der Waals surface area contributed by atoms with Crippen molar-refractivity contribution in [3.05, 3.63) is 66.6 Å². The summed E-state index contributed by atoms with van der Waals surface area (Å²) < 4.78 is 17.3. The SMILES string of the molecule is Cc1cc(Nc2ncnc3cccc(O[C@H](C)C(=O)N4CCOCC4)c23)ccc1Oc1cccnn1. The minimum atomic E-state index is -0.665. The van der Waals surface area contributed by atoms with E-state index in [2.05, 4.69) is 25.5 Å². The second kappa shape index (κ2) is 10.5. The second-order valence-electron chi connectivity index (χ2n) is 8.34. The van der Waals surface area contributed by atoms with Crippen LogP contribution in [0.25, 0.3) is 10.9 Å². The molecule has 0 spiro atoms.